The lowest BCUT2D eigenvalue weighted by Gasteiger charge is -2.12. The van der Waals surface area contributed by atoms with Gasteiger partial charge in [0.15, 0.2) is 0 Å². The Hall–Kier alpha value is -0.580. The Bertz CT molecular complexity index is 353. The number of nitrogens with two attached hydrogens (primary N) is 1. The molecule has 0 unspecified atom stereocenters. The Kier molecular flexibility index (Phi) is 5.95. The van der Waals surface area contributed by atoms with Crippen molar-refractivity contribution < 1.29 is 9.47 Å². The van der Waals surface area contributed by atoms with Crippen molar-refractivity contribution in [1.29, 1.82) is 0 Å². The second-order valence-electron chi connectivity index (χ2n) is 4.25. The van der Waals surface area contributed by atoms with Crippen LogP contribution in [-0.2, 0) is 4.74 Å². The number of benzene rings is 1. The lowest BCUT2D eigenvalue weighted by Crippen LogP contribution is -2.11. The molecule has 4 heteroatoms. The summed E-state index contributed by atoms with van der Waals surface area (Å²) in [4.78, 5) is 0. The van der Waals surface area contributed by atoms with Crippen molar-refractivity contribution in [2.75, 3.05) is 13.2 Å². The third-order valence-electron chi connectivity index (χ3n) is 2.27. The molecule has 0 aromatic heterocycles. The number of halogens is 1. The quantitative estimate of drug-likeness (QED) is 0.820. The standard InChI is InChI=1S/C13H20BrNO2/c1-9(2)16-6-7-17-13-5-4-11(10(3)15)8-12(13)14/h4-5,8-10H,6-7,15H2,1-3H3/t10-/m0/s1. The fourth-order valence-electron chi connectivity index (χ4n) is 1.35. The second-order valence-corrected chi connectivity index (χ2v) is 5.10. The van der Waals surface area contributed by atoms with Gasteiger partial charge < -0.3 is 15.2 Å². The van der Waals surface area contributed by atoms with Gasteiger partial charge in [-0.2, -0.15) is 0 Å². The average molecular weight is 302 g/mol. The van der Waals surface area contributed by atoms with E-state index in [4.69, 9.17) is 15.2 Å². The van der Waals surface area contributed by atoms with Crippen LogP contribution >= 0.6 is 15.9 Å². The number of rotatable bonds is 6. The topological polar surface area (TPSA) is 44.5 Å². The molecule has 0 spiro atoms. The first kappa shape index (κ1) is 14.5. The molecule has 1 atom stereocenters. The van der Waals surface area contributed by atoms with Crippen molar-refractivity contribution in [2.45, 2.75) is 32.9 Å². The smallest absolute Gasteiger partial charge is 0.133 e. The van der Waals surface area contributed by atoms with Crippen molar-refractivity contribution in [1.82, 2.24) is 0 Å². The van der Waals surface area contributed by atoms with E-state index in [-0.39, 0.29) is 12.1 Å². The third-order valence-corrected chi connectivity index (χ3v) is 2.89. The minimum absolute atomic E-state index is 0.0321. The highest BCUT2D eigenvalue weighted by Crippen LogP contribution is 2.27. The summed E-state index contributed by atoms with van der Waals surface area (Å²) in [6.07, 6.45) is 0.238. The van der Waals surface area contributed by atoms with Gasteiger partial charge in [0, 0.05) is 6.04 Å². The summed E-state index contributed by atoms with van der Waals surface area (Å²) in [6, 6.07) is 5.93. The van der Waals surface area contributed by atoms with Crippen LogP contribution in [-0.4, -0.2) is 19.3 Å². The zero-order chi connectivity index (χ0) is 12.8. The zero-order valence-corrected chi connectivity index (χ0v) is 12.2. The fourth-order valence-corrected chi connectivity index (χ4v) is 1.86. The van der Waals surface area contributed by atoms with Crippen LogP contribution in [0.1, 0.15) is 32.4 Å². The van der Waals surface area contributed by atoms with E-state index in [1.54, 1.807) is 0 Å². The summed E-state index contributed by atoms with van der Waals surface area (Å²) in [5, 5.41) is 0. The van der Waals surface area contributed by atoms with Gasteiger partial charge in [0.05, 0.1) is 17.2 Å². The molecule has 1 aromatic carbocycles. The highest BCUT2D eigenvalue weighted by Gasteiger charge is 2.05. The molecule has 0 amide bonds. The van der Waals surface area contributed by atoms with E-state index in [9.17, 15) is 0 Å². The first-order chi connectivity index (χ1) is 8.00. The second kappa shape index (κ2) is 6.99. The van der Waals surface area contributed by atoms with Crippen LogP contribution in [0.3, 0.4) is 0 Å². The number of hydrogen-bond donors (Lipinski definition) is 1. The van der Waals surface area contributed by atoms with Gasteiger partial charge in [-0.1, -0.05) is 6.07 Å². The van der Waals surface area contributed by atoms with Crippen LogP contribution in [0.25, 0.3) is 0 Å². The normalized spacial score (nSPS) is 12.8. The molecule has 96 valence electrons. The summed E-state index contributed by atoms with van der Waals surface area (Å²) in [5.74, 6) is 0.821. The predicted octanol–water partition coefficient (Wildman–Crippen LogP) is 3.27. The maximum atomic E-state index is 5.81. The van der Waals surface area contributed by atoms with Crippen molar-refractivity contribution in [3.63, 3.8) is 0 Å². The van der Waals surface area contributed by atoms with E-state index in [1.807, 2.05) is 39.0 Å². The summed E-state index contributed by atoms with van der Waals surface area (Å²) in [6.45, 7) is 7.12. The molecule has 0 saturated carbocycles. The van der Waals surface area contributed by atoms with Crippen molar-refractivity contribution in [3.8, 4) is 5.75 Å². The molecule has 1 aromatic rings. The Labute approximate surface area is 111 Å². The van der Waals surface area contributed by atoms with Gasteiger partial charge in [0.1, 0.15) is 12.4 Å². The molecule has 0 aliphatic carbocycles. The van der Waals surface area contributed by atoms with Crippen LogP contribution in [0.4, 0.5) is 0 Å². The van der Waals surface area contributed by atoms with Gasteiger partial charge in [-0.3, -0.25) is 0 Å². The van der Waals surface area contributed by atoms with Crippen LogP contribution < -0.4 is 10.5 Å². The molecular weight excluding hydrogens is 282 g/mol. The van der Waals surface area contributed by atoms with Gasteiger partial charge in [0.25, 0.3) is 0 Å². The zero-order valence-electron chi connectivity index (χ0n) is 10.6. The fraction of sp³-hybridized carbons (Fsp3) is 0.538. The first-order valence-corrected chi connectivity index (χ1v) is 6.59. The molecule has 1 rings (SSSR count). The third kappa shape index (κ3) is 5.06. The Morgan fingerprint density at radius 1 is 1.24 bits per heavy atom. The molecule has 0 aliphatic rings. The number of ether oxygens (including phenoxy) is 2. The van der Waals surface area contributed by atoms with Crippen LogP contribution in [0.15, 0.2) is 22.7 Å². The summed E-state index contributed by atoms with van der Waals surface area (Å²) in [7, 11) is 0. The van der Waals surface area contributed by atoms with E-state index in [0.717, 1.165) is 15.8 Å². The van der Waals surface area contributed by atoms with E-state index >= 15 is 0 Å². The highest BCUT2D eigenvalue weighted by atomic mass is 79.9. The Balaban J connectivity index is 2.49. The molecule has 0 aliphatic heterocycles. The monoisotopic (exact) mass is 301 g/mol. The van der Waals surface area contributed by atoms with Crippen LogP contribution in [0.5, 0.6) is 5.75 Å². The Morgan fingerprint density at radius 3 is 2.47 bits per heavy atom. The van der Waals surface area contributed by atoms with E-state index in [1.165, 1.54) is 0 Å². The van der Waals surface area contributed by atoms with E-state index in [0.29, 0.717) is 13.2 Å². The molecule has 0 radical (unpaired) electrons. The Morgan fingerprint density at radius 2 is 1.94 bits per heavy atom. The predicted molar refractivity (Wildman–Crippen MR) is 73.3 cm³/mol. The van der Waals surface area contributed by atoms with Gasteiger partial charge in [-0.05, 0) is 54.4 Å². The lowest BCUT2D eigenvalue weighted by atomic mass is 10.1. The van der Waals surface area contributed by atoms with Gasteiger partial charge in [-0.25, -0.2) is 0 Å². The maximum absolute atomic E-state index is 5.81. The summed E-state index contributed by atoms with van der Waals surface area (Å²) < 4.78 is 11.9. The summed E-state index contributed by atoms with van der Waals surface area (Å²) >= 11 is 3.48. The number of hydrogen-bond acceptors (Lipinski definition) is 3. The van der Waals surface area contributed by atoms with Gasteiger partial charge in [0.2, 0.25) is 0 Å². The molecule has 0 bridgehead atoms. The maximum Gasteiger partial charge on any atom is 0.133 e. The molecule has 17 heavy (non-hydrogen) atoms. The molecule has 0 saturated heterocycles. The van der Waals surface area contributed by atoms with Crippen molar-refractivity contribution in [2.24, 2.45) is 5.73 Å². The molecule has 2 N–H and O–H groups in total. The largest absolute Gasteiger partial charge is 0.490 e. The highest BCUT2D eigenvalue weighted by molar-refractivity contribution is 9.10. The van der Waals surface area contributed by atoms with E-state index < -0.39 is 0 Å². The average Bonchev–Trinajstić information content (AvgIpc) is 2.25. The lowest BCUT2D eigenvalue weighted by molar-refractivity contribution is 0.0551. The van der Waals surface area contributed by atoms with Crippen LogP contribution in [0.2, 0.25) is 0 Å². The molecule has 0 heterocycles. The van der Waals surface area contributed by atoms with Gasteiger partial charge >= 0.3 is 0 Å². The molecule has 3 nitrogen and oxygen atoms in total. The summed E-state index contributed by atoms with van der Waals surface area (Å²) in [5.41, 5.74) is 6.89. The minimum Gasteiger partial charge on any atom is -0.490 e. The van der Waals surface area contributed by atoms with Crippen molar-refractivity contribution >= 4 is 15.9 Å². The molecule has 0 fully saturated rings. The van der Waals surface area contributed by atoms with Crippen LogP contribution in [0, 0.1) is 0 Å². The first-order valence-electron chi connectivity index (χ1n) is 5.80. The van der Waals surface area contributed by atoms with Gasteiger partial charge in [-0.15, -0.1) is 0 Å². The minimum atomic E-state index is 0.0321. The van der Waals surface area contributed by atoms with E-state index in [2.05, 4.69) is 15.9 Å². The molecular formula is C13H20BrNO2. The van der Waals surface area contributed by atoms with Crippen molar-refractivity contribution in [3.05, 3.63) is 28.2 Å². The SMILES string of the molecule is CC(C)OCCOc1ccc([C@H](C)N)cc1Br.